The van der Waals surface area contributed by atoms with Crippen molar-refractivity contribution < 1.29 is 23.9 Å². The van der Waals surface area contributed by atoms with E-state index in [0.717, 1.165) is 5.56 Å². The summed E-state index contributed by atoms with van der Waals surface area (Å²) in [5.74, 6) is -1.21. The third-order valence-corrected chi connectivity index (χ3v) is 6.93. The maximum absolute atomic E-state index is 13.0. The molecule has 11 heteroatoms. The number of hydrogen-bond acceptors (Lipinski definition) is 7. The first kappa shape index (κ1) is 22.2. The van der Waals surface area contributed by atoms with Gasteiger partial charge in [-0.3, -0.25) is 24.5 Å². The maximum atomic E-state index is 13.0. The Bertz CT molecular complexity index is 1200. The third-order valence-electron chi connectivity index (χ3n) is 6.93. The summed E-state index contributed by atoms with van der Waals surface area (Å²) in [7, 11) is 1.62. The van der Waals surface area contributed by atoms with E-state index in [1.165, 1.54) is 9.58 Å². The van der Waals surface area contributed by atoms with Crippen molar-refractivity contribution in [2.45, 2.75) is 45.3 Å². The minimum absolute atomic E-state index is 0.0252. The average molecular weight is 466 g/mol. The molecule has 3 aliphatic rings. The smallest absolute Gasteiger partial charge is 0.276 e. The van der Waals surface area contributed by atoms with Crippen LogP contribution in [-0.2, 0) is 20.9 Å². The Labute approximate surface area is 196 Å². The lowest BCUT2D eigenvalue weighted by Gasteiger charge is -2.53. The minimum Gasteiger partial charge on any atom is -0.383 e. The summed E-state index contributed by atoms with van der Waals surface area (Å²) >= 11 is 0. The van der Waals surface area contributed by atoms with Crippen LogP contribution in [0, 0.1) is 5.41 Å². The number of ether oxygens (including phenoxy) is 1. The van der Waals surface area contributed by atoms with Gasteiger partial charge < -0.3 is 14.5 Å². The maximum Gasteiger partial charge on any atom is 0.276 e. The van der Waals surface area contributed by atoms with Crippen LogP contribution in [0.5, 0.6) is 0 Å². The fourth-order valence-corrected chi connectivity index (χ4v) is 4.99. The van der Waals surface area contributed by atoms with Gasteiger partial charge in [-0.1, -0.05) is 19.1 Å². The number of nitrogens with zero attached hydrogens (tertiary/aromatic N) is 5. The van der Waals surface area contributed by atoms with Gasteiger partial charge in [0.2, 0.25) is 11.8 Å². The van der Waals surface area contributed by atoms with Crippen LogP contribution in [0.4, 0.5) is 0 Å². The number of benzene rings is 1. The fraction of sp³-hybridized carbons (Fsp3) is 0.478. The summed E-state index contributed by atoms with van der Waals surface area (Å²) in [5, 5.41) is 10.5. The third kappa shape index (κ3) is 3.56. The lowest BCUT2D eigenvalue weighted by molar-refractivity contribution is -0.136. The number of likely N-dealkylation sites (tertiary alicyclic amines) is 1. The molecule has 4 amide bonds. The molecule has 0 spiro atoms. The second-order valence-corrected chi connectivity index (χ2v) is 9.68. The van der Waals surface area contributed by atoms with Crippen LogP contribution in [0.2, 0.25) is 0 Å². The van der Waals surface area contributed by atoms with Gasteiger partial charge in [0.25, 0.3) is 11.8 Å². The van der Waals surface area contributed by atoms with Crippen molar-refractivity contribution >= 4 is 23.6 Å². The molecule has 0 radical (unpaired) electrons. The highest BCUT2D eigenvalue weighted by Crippen LogP contribution is 2.38. The van der Waals surface area contributed by atoms with Crippen molar-refractivity contribution in [1.29, 1.82) is 0 Å². The summed E-state index contributed by atoms with van der Waals surface area (Å²) < 4.78 is 6.78. The molecule has 2 fully saturated rings. The largest absolute Gasteiger partial charge is 0.383 e. The molecule has 1 N–H and O–H groups in total. The van der Waals surface area contributed by atoms with E-state index in [2.05, 4.69) is 29.5 Å². The van der Waals surface area contributed by atoms with Crippen LogP contribution >= 0.6 is 0 Å². The molecule has 1 aromatic carbocycles. The molecule has 178 valence electrons. The Morgan fingerprint density at radius 2 is 2.06 bits per heavy atom. The van der Waals surface area contributed by atoms with Crippen molar-refractivity contribution in [1.82, 2.24) is 30.1 Å². The Hall–Kier alpha value is -3.60. The van der Waals surface area contributed by atoms with Crippen LogP contribution in [-0.4, -0.2) is 80.8 Å². The molecule has 2 unspecified atom stereocenters. The lowest BCUT2D eigenvalue weighted by atomic mass is 9.75. The number of imide groups is 1. The number of nitrogens with one attached hydrogen (secondary N) is 1. The van der Waals surface area contributed by atoms with Gasteiger partial charge in [0, 0.05) is 37.6 Å². The molecule has 34 heavy (non-hydrogen) atoms. The lowest BCUT2D eigenvalue weighted by Crippen LogP contribution is -2.65. The van der Waals surface area contributed by atoms with Crippen molar-refractivity contribution in [2.24, 2.45) is 5.41 Å². The van der Waals surface area contributed by atoms with Crippen molar-refractivity contribution in [3.8, 4) is 5.69 Å². The van der Waals surface area contributed by atoms with E-state index >= 15 is 0 Å². The van der Waals surface area contributed by atoms with Gasteiger partial charge in [-0.25, -0.2) is 4.68 Å². The summed E-state index contributed by atoms with van der Waals surface area (Å²) in [6, 6.07) is 4.53. The highest BCUT2D eigenvalue weighted by Gasteiger charge is 2.48. The second kappa shape index (κ2) is 8.01. The number of piperidine rings is 1. The van der Waals surface area contributed by atoms with Crippen molar-refractivity contribution in [2.75, 3.05) is 20.3 Å². The Morgan fingerprint density at radius 3 is 2.76 bits per heavy atom. The predicted octanol–water partition coefficient (Wildman–Crippen LogP) is 0.525. The van der Waals surface area contributed by atoms with Crippen LogP contribution in [0.1, 0.15) is 53.1 Å². The first-order valence-corrected chi connectivity index (χ1v) is 11.2. The summed E-state index contributed by atoms with van der Waals surface area (Å²) in [5.41, 5.74) is 2.12. The van der Waals surface area contributed by atoms with Gasteiger partial charge in [0.1, 0.15) is 6.04 Å². The molecule has 5 rings (SSSR count). The fourth-order valence-electron chi connectivity index (χ4n) is 4.99. The van der Waals surface area contributed by atoms with E-state index in [4.69, 9.17) is 4.74 Å². The molecule has 0 aliphatic carbocycles. The zero-order valence-corrected chi connectivity index (χ0v) is 19.3. The highest BCUT2D eigenvalue weighted by molar-refractivity contribution is 6.05. The predicted molar refractivity (Wildman–Crippen MR) is 118 cm³/mol. The van der Waals surface area contributed by atoms with Gasteiger partial charge in [-0.15, -0.1) is 5.10 Å². The Morgan fingerprint density at radius 1 is 1.26 bits per heavy atom. The zero-order valence-electron chi connectivity index (χ0n) is 19.3. The van der Waals surface area contributed by atoms with Crippen molar-refractivity contribution in [3.63, 3.8) is 0 Å². The Balaban J connectivity index is 1.33. The van der Waals surface area contributed by atoms with Gasteiger partial charge in [-0.05, 0) is 30.2 Å². The minimum atomic E-state index is -0.669. The van der Waals surface area contributed by atoms with Gasteiger partial charge in [0.05, 0.1) is 24.5 Å². The molecular formula is C23H26N6O5. The SMILES string of the molecule is COCC1N(C(=O)c2cn(-c3ccc4c(c3)CN(C3CCC(=O)NC3=O)C4=O)nn2)CC1(C)C. The van der Waals surface area contributed by atoms with Crippen LogP contribution < -0.4 is 5.32 Å². The Kier molecular flexibility index (Phi) is 5.23. The zero-order chi connectivity index (χ0) is 24.2. The normalized spacial score (nSPS) is 23.6. The molecule has 2 aromatic rings. The molecule has 2 atom stereocenters. The van der Waals surface area contributed by atoms with Gasteiger partial charge >= 0.3 is 0 Å². The van der Waals surface area contributed by atoms with E-state index in [1.54, 1.807) is 30.3 Å². The number of carbonyl (C=O) groups excluding carboxylic acids is 4. The van der Waals surface area contributed by atoms with Crippen LogP contribution in [0.3, 0.4) is 0 Å². The average Bonchev–Trinajstić information content (AvgIpc) is 3.41. The van der Waals surface area contributed by atoms with E-state index in [-0.39, 0.29) is 47.8 Å². The second-order valence-electron chi connectivity index (χ2n) is 9.68. The molecular weight excluding hydrogens is 440 g/mol. The van der Waals surface area contributed by atoms with Gasteiger partial charge in [0.15, 0.2) is 5.69 Å². The molecule has 4 heterocycles. The molecule has 0 saturated carbocycles. The molecule has 11 nitrogen and oxygen atoms in total. The van der Waals surface area contributed by atoms with Crippen LogP contribution in [0.25, 0.3) is 5.69 Å². The van der Waals surface area contributed by atoms with E-state index in [1.807, 2.05) is 6.07 Å². The number of amides is 4. The quantitative estimate of drug-likeness (QED) is 0.637. The number of methoxy groups -OCH3 is 1. The molecule has 3 aliphatic heterocycles. The molecule has 1 aromatic heterocycles. The van der Waals surface area contributed by atoms with E-state index in [9.17, 15) is 19.2 Å². The first-order chi connectivity index (χ1) is 16.2. The number of hydrogen-bond donors (Lipinski definition) is 1. The topological polar surface area (TPSA) is 127 Å². The summed E-state index contributed by atoms with van der Waals surface area (Å²) in [4.78, 5) is 52.8. The summed E-state index contributed by atoms with van der Waals surface area (Å²) in [6.07, 6.45) is 2.09. The number of fused-ring (bicyclic) bond motifs is 1. The molecule has 2 saturated heterocycles. The number of aromatic nitrogens is 3. The number of carbonyl (C=O) groups is 4. The van der Waals surface area contributed by atoms with Gasteiger partial charge in [-0.2, -0.15) is 0 Å². The van der Waals surface area contributed by atoms with Crippen LogP contribution in [0.15, 0.2) is 24.4 Å². The summed E-state index contributed by atoms with van der Waals surface area (Å²) in [6.45, 7) is 5.53. The standard InChI is InChI=1S/C23H26N6O5/c1-23(2)12-28(18(23)11-34-3)22(33)16-10-29(26-25-16)14-4-5-15-13(8-14)9-27(21(15)32)17-6-7-19(30)24-20(17)31/h4-5,8,10,17-18H,6-7,9,11-12H2,1-3H3,(H,24,30,31). The van der Waals surface area contributed by atoms with E-state index < -0.39 is 11.9 Å². The monoisotopic (exact) mass is 466 g/mol. The first-order valence-electron chi connectivity index (χ1n) is 11.2. The molecule has 0 bridgehead atoms. The van der Waals surface area contributed by atoms with Crippen molar-refractivity contribution in [3.05, 3.63) is 41.2 Å². The van der Waals surface area contributed by atoms with E-state index in [0.29, 0.717) is 30.8 Å². The highest BCUT2D eigenvalue weighted by atomic mass is 16.5. The number of rotatable bonds is 5.